The minimum absolute atomic E-state index is 0.902. The van der Waals surface area contributed by atoms with Gasteiger partial charge in [-0.05, 0) is 24.6 Å². The molecule has 0 bridgehead atoms. The van der Waals surface area contributed by atoms with Gasteiger partial charge in [0.1, 0.15) is 11.5 Å². The highest BCUT2D eigenvalue weighted by Crippen LogP contribution is 2.31. The van der Waals surface area contributed by atoms with Crippen LogP contribution in [0.1, 0.15) is 12.5 Å². The van der Waals surface area contributed by atoms with E-state index in [1.165, 1.54) is 0 Å². The van der Waals surface area contributed by atoms with Gasteiger partial charge < -0.3 is 4.74 Å². The van der Waals surface area contributed by atoms with Gasteiger partial charge in [0.25, 0.3) is 0 Å². The first-order valence-corrected chi connectivity index (χ1v) is 3.92. The van der Waals surface area contributed by atoms with Crippen LogP contribution in [-0.4, -0.2) is 0 Å². The minimum atomic E-state index is 0.902. The third kappa shape index (κ3) is 1.03. The van der Waals surface area contributed by atoms with Crippen LogP contribution in [0.25, 0.3) is 5.57 Å². The monoisotopic (exact) mass is 158 g/mol. The number of hydrogen-bond donors (Lipinski definition) is 0. The average molecular weight is 158 g/mol. The van der Waals surface area contributed by atoms with Crippen molar-refractivity contribution in [3.8, 4) is 5.75 Å². The first-order valence-electron chi connectivity index (χ1n) is 3.92. The van der Waals surface area contributed by atoms with Crippen molar-refractivity contribution < 1.29 is 4.74 Å². The van der Waals surface area contributed by atoms with E-state index in [9.17, 15) is 0 Å². The Balaban J connectivity index is 2.56. The normalized spacial score (nSPS) is 14.8. The third-order valence-electron chi connectivity index (χ3n) is 1.88. The summed E-state index contributed by atoms with van der Waals surface area (Å²) in [6.45, 7) is 5.88. The van der Waals surface area contributed by atoms with Gasteiger partial charge in [0.15, 0.2) is 0 Å². The van der Waals surface area contributed by atoms with E-state index in [1.54, 1.807) is 0 Å². The number of benzene rings is 1. The Hall–Kier alpha value is -1.50. The van der Waals surface area contributed by atoms with Gasteiger partial charge in [0.05, 0.1) is 0 Å². The van der Waals surface area contributed by atoms with E-state index in [0.29, 0.717) is 0 Å². The SMILES string of the molecule is C=C1C=C(C)Oc2ccccc21. The third-order valence-corrected chi connectivity index (χ3v) is 1.88. The molecule has 12 heavy (non-hydrogen) atoms. The molecule has 0 spiro atoms. The molecule has 1 aromatic carbocycles. The highest BCUT2D eigenvalue weighted by molar-refractivity contribution is 5.78. The van der Waals surface area contributed by atoms with Crippen LogP contribution in [0.5, 0.6) is 5.75 Å². The van der Waals surface area contributed by atoms with E-state index in [4.69, 9.17) is 4.74 Å². The Bertz CT molecular complexity index is 361. The van der Waals surface area contributed by atoms with Crippen molar-refractivity contribution >= 4 is 5.57 Å². The predicted octanol–water partition coefficient (Wildman–Crippen LogP) is 3.00. The van der Waals surface area contributed by atoms with Gasteiger partial charge in [-0.15, -0.1) is 0 Å². The number of para-hydroxylation sites is 1. The molecule has 0 saturated heterocycles. The Kier molecular flexibility index (Phi) is 1.51. The van der Waals surface area contributed by atoms with Gasteiger partial charge in [-0.1, -0.05) is 24.8 Å². The summed E-state index contributed by atoms with van der Waals surface area (Å²) >= 11 is 0. The number of rotatable bonds is 0. The molecule has 1 aliphatic heterocycles. The molecule has 1 aromatic rings. The molecule has 0 fully saturated rings. The second-order valence-corrected chi connectivity index (χ2v) is 2.88. The maximum atomic E-state index is 5.50. The molecule has 1 heteroatoms. The van der Waals surface area contributed by atoms with Gasteiger partial charge in [0.2, 0.25) is 0 Å². The second-order valence-electron chi connectivity index (χ2n) is 2.88. The van der Waals surface area contributed by atoms with Crippen molar-refractivity contribution in [1.82, 2.24) is 0 Å². The lowest BCUT2D eigenvalue weighted by Gasteiger charge is -2.16. The number of hydrogen-bond acceptors (Lipinski definition) is 1. The Morgan fingerprint density at radius 1 is 1.25 bits per heavy atom. The largest absolute Gasteiger partial charge is 0.461 e. The molecule has 0 radical (unpaired) electrons. The molecule has 1 aliphatic rings. The van der Waals surface area contributed by atoms with Crippen molar-refractivity contribution in [2.24, 2.45) is 0 Å². The second kappa shape index (κ2) is 2.52. The Morgan fingerprint density at radius 2 is 2.00 bits per heavy atom. The summed E-state index contributed by atoms with van der Waals surface area (Å²) in [5.74, 6) is 1.81. The van der Waals surface area contributed by atoms with Crippen molar-refractivity contribution in [3.63, 3.8) is 0 Å². The first kappa shape index (κ1) is 7.17. The van der Waals surface area contributed by atoms with Gasteiger partial charge in [-0.2, -0.15) is 0 Å². The predicted molar refractivity (Wildman–Crippen MR) is 49.9 cm³/mol. The number of allylic oxidation sites excluding steroid dienone is 3. The fourth-order valence-corrected chi connectivity index (χ4v) is 1.35. The highest BCUT2D eigenvalue weighted by Gasteiger charge is 2.10. The molecule has 0 aromatic heterocycles. The van der Waals surface area contributed by atoms with Crippen LogP contribution in [0.4, 0.5) is 0 Å². The van der Waals surface area contributed by atoms with Crippen molar-refractivity contribution in [2.45, 2.75) is 6.92 Å². The smallest absolute Gasteiger partial charge is 0.134 e. The van der Waals surface area contributed by atoms with Crippen molar-refractivity contribution in [3.05, 3.63) is 48.2 Å². The van der Waals surface area contributed by atoms with Crippen LogP contribution in [0.15, 0.2) is 42.7 Å². The maximum Gasteiger partial charge on any atom is 0.134 e. The van der Waals surface area contributed by atoms with E-state index >= 15 is 0 Å². The minimum Gasteiger partial charge on any atom is -0.461 e. The topological polar surface area (TPSA) is 9.23 Å². The molecule has 2 rings (SSSR count). The summed E-state index contributed by atoms with van der Waals surface area (Å²) in [5.41, 5.74) is 2.11. The van der Waals surface area contributed by atoms with Gasteiger partial charge in [-0.25, -0.2) is 0 Å². The molecule has 1 heterocycles. The Morgan fingerprint density at radius 3 is 2.83 bits per heavy atom. The standard InChI is InChI=1S/C11H10O/c1-8-7-9(2)12-11-6-4-3-5-10(8)11/h3-7H,1H2,2H3. The fourth-order valence-electron chi connectivity index (χ4n) is 1.35. The summed E-state index contributed by atoms with van der Waals surface area (Å²) in [4.78, 5) is 0. The van der Waals surface area contributed by atoms with Crippen LogP contribution in [0, 0.1) is 0 Å². The summed E-state index contributed by atoms with van der Waals surface area (Å²) in [6.07, 6.45) is 1.95. The summed E-state index contributed by atoms with van der Waals surface area (Å²) in [6, 6.07) is 7.92. The molecule has 1 nitrogen and oxygen atoms in total. The zero-order valence-electron chi connectivity index (χ0n) is 7.00. The number of fused-ring (bicyclic) bond motifs is 1. The van der Waals surface area contributed by atoms with Crippen molar-refractivity contribution in [2.75, 3.05) is 0 Å². The van der Waals surface area contributed by atoms with Gasteiger partial charge >= 0.3 is 0 Å². The molecule has 0 saturated carbocycles. The van der Waals surface area contributed by atoms with Crippen LogP contribution in [0.3, 0.4) is 0 Å². The molecule has 0 aliphatic carbocycles. The Labute approximate surface area is 72.0 Å². The van der Waals surface area contributed by atoms with Crippen LogP contribution < -0.4 is 4.74 Å². The summed E-state index contributed by atoms with van der Waals surface area (Å²) < 4.78 is 5.50. The van der Waals surface area contributed by atoms with E-state index in [1.807, 2.05) is 37.3 Å². The van der Waals surface area contributed by atoms with E-state index in [-0.39, 0.29) is 0 Å². The summed E-state index contributed by atoms with van der Waals surface area (Å²) in [5, 5.41) is 0. The van der Waals surface area contributed by atoms with Gasteiger partial charge in [-0.3, -0.25) is 0 Å². The van der Waals surface area contributed by atoms with Crippen LogP contribution >= 0.6 is 0 Å². The molecular weight excluding hydrogens is 148 g/mol. The lowest BCUT2D eigenvalue weighted by atomic mass is 10.0. The fraction of sp³-hybridized carbons (Fsp3) is 0.0909. The van der Waals surface area contributed by atoms with Crippen LogP contribution in [0.2, 0.25) is 0 Å². The van der Waals surface area contributed by atoms with Crippen LogP contribution in [-0.2, 0) is 0 Å². The molecular formula is C11H10O. The zero-order chi connectivity index (χ0) is 8.55. The molecule has 0 amide bonds. The molecule has 0 N–H and O–H groups in total. The molecule has 0 unspecified atom stereocenters. The van der Waals surface area contributed by atoms with Gasteiger partial charge in [0, 0.05) is 5.56 Å². The highest BCUT2D eigenvalue weighted by atomic mass is 16.5. The quantitative estimate of drug-likeness (QED) is 0.564. The first-order chi connectivity index (χ1) is 5.77. The van der Waals surface area contributed by atoms with E-state index in [2.05, 4.69) is 6.58 Å². The van der Waals surface area contributed by atoms with E-state index < -0.39 is 0 Å². The number of ether oxygens (including phenoxy) is 1. The molecule has 0 atom stereocenters. The summed E-state index contributed by atoms with van der Waals surface area (Å²) in [7, 11) is 0. The average Bonchev–Trinajstić information content (AvgIpc) is 2.04. The lowest BCUT2D eigenvalue weighted by Crippen LogP contribution is -1.99. The van der Waals surface area contributed by atoms with E-state index in [0.717, 1.165) is 22.6 Å². The maximum absolute atomic E-state index is 5.50. The molecule has 60 valence electrons. The lowest BCUT2D eigenvalue weighted by molar-refractivity contribution is 0.422. The zero-order valence-corrected chi connectivity index (χ0v) is 7.00. The van der Waals surface area contributed by atoms with Crippen molar-refractivity contribution in [1.29, 1.82) is 0 Å².